The molecule has 5 rings (SSSR count). The number of carbonyl (C=O) groups excluding carboxylic acids is 1. The smallest absolute Gasteiger partial charge is 0.327 e. The Kier molecular flexibility index (Phi) is 5.42. The first-order valence-electron chi connectivity index (χ1n) is 10.3. The molecule has 1 amide bonds. The zero-order valence-corrected chi connectivity index (χ0v) is 16.6. The predicted molar refractivity (Wildman–Crippen MR) is 111 cm³/mol. The first-order chi connectivity index (χ1) is 14.4. The molecule has 3 aromatic heterocycles. The number of fused-ring (bicyclic) bond motifs is 1. The monoisotopic (exact) mass is 414 g/mol. The van der Waals surface area contributed by atoms with Crippen LogP contribution in [0, 0.1) is 0 Å². The molecule has 0 atom stereocenters. The molecule has 30 heavy (non-hydrogen) atoms. The fourth-order valence-electron chi connectivity index (χ4n) is 4.27. The number of nitrogen functional groups attached to an aromatic ring is 1. The molecule has 2 aliphatic carbocycles. The van der Waals surface area contributed by atoms with Crippen LogP contribution in [-0.4, -0.2) is 35.4 Å². The van der Waals surface area contributed by atoms with Crippen LogP contribution in [0.15, 0.2) is 22.0 Å². The molecule has 11 nitrogen and oxygen atoms in total. The van der Waals surface area contributed by atoms with Gasteiger partial charge in [-0.1, -0.05) is 25.7 Å². The van der Waals surface area contributed by atoms with Gasteiger partial charge >= 0.3 is 5.69 Å². The van der Waals surface area contributed by atoms with Gasteiger partial charge in [-0.15, -0.1) is 0 Å². The van der Waals surface area contributed by atoms with Gasteiger partial charge in [0, 0.05) is 12.4 Å². The molecule has 0 bridgehead atoms. The van der Waals surface area contributed by atoms with E-state index in [4.69, 9.17) is 11.5 Å². The first-order valence-corrected chi connectivity index (χ1v) is 10.3. The summed E-state index contributed by atoms with van der Waals surface area (Å²) in [5.41, 5.74) is 10.6. The van der Waals surface area contributed by atoms with Gasteiger partial charge in [-0.3, -0.25) is 28.9 Å². The van der Waals surface area contributed by atoms with Crippen molar-refractivity contribution in [1.82, 2.24) is 29.5 Å². The number of amides is 1. The van der Waals surface area contributed by atoms with Gasteiger partial charge < -0.3 is 11.5 Å². The molecule has 3 heterocycles. The van der Waals surface area contributed by atoms with Crippen molar-refractivity contribution in [2.75, 3.05) is 5.73 Å². The van der Waals surface area contributed by atoms with Crippen LogP contribution < -0.4 is 22.7 Å². The number of primary amides is 1. The van der Waals surface area contributed by atoms with Crippen molar-refractivity contribution in [2.45, 2.75) is 63.5 Å². The predicted octanol–water partition coefficient (Wildman–Crippen LogP) is 1.21. The molecule has 2 fully saturated rings. The van der Waals surface area contributed by atoms with Crippen LogP contribution in [0.4, 0.5) is 5.82 Å². The summed E-state index contributed by atoms with van der Waals surface area (Å²) in [6, 6.07) is 0.765. The number of aromatic amines is 2. The van der Waals surface area contributed by atoms with Crippen molar-refractivity contribution >= 4 is 22.8 Å². The third-order valence-corrected chi connectivity index (χ3v) is 5.86. The normalized spacial score (nSPS) is 17.3. The quantitative estimate of drug-likeness (QED) is 0.501. The lowest BCUT2D eigenvalue weighted by Crippen LogP contribution is -2.21. The van der Waals surface area contributed by atoms with Crippen molar-refractivity contribution in [3.8, 4) is 0 Å². The van der Waals surface area contributed by atoms with Crippen LogP contribution in [-0.2, 0) is 0 Å². The Labute approximate surface area is 171 Å². The SMILES string of the molecule is NC(=O)c1cn(C2CCCC2)nc1N.O=c1[nH]c(=O)c2cn(C3CCCC3)nc2[nH]1. The lowest BCUT2D eigenvalue weighted by atomic mass is 10.2. The van der Waals surface area contributed by atoms with Gasteiger partial charge in [0.25, 0.3) is 11.5 Å². The van der Waals surface area contributed by atoms with E-state index in [9.17, 15) is 14.4 Å². The largest absolute Gasteiger partial charge is 0.382 e. The minimum atomic E-state index is -0.508. The van der Waals surface area contributed by atoms with E-state index in [0.29, 0.717) is 28.7 Å². The van der Waals surface area contributed by atoms with Crippen molar-refractivity contribution in [3.63, 3.8) is 0 Å². The maximum absolute atomic E-state index is 11.5. The number of aromatic nitrogens is 6. The number of nitrogens with zero attached hydrogens (tertiary/aromatic N) is 4. The highest BCUT2D eigenvalue weighted by molar-refractivity contribution is 5.96. The van der Waals surface area contributed by atoms with E-state index in [1.54, 1.807) is 17.1 Å². The maximum Gasteiger partial charge on any atom is 0.327 e. The minimum Gasteiger partial charge on any atom is -0.382 e. The summed E-state index contributed by atoms with van der Waals surface area (Å²) in [4.78, 5) is 38.2. The Balaban J connectivity index is 0.000000147. The second-order valence-electron chi connectivity index (χ2n) is 7.93. The number of rotatable bonds is 3. The lowest BCUT2D eigenvalue weighted by molar-refractivity contribution is 0.100. The van der Waals surface area contributed by atoms with Gasteiger partial charge in [-0.25, -0.2) is 4.79 Å². The molecule has 11 heteroatoms. The average molecular weight is 414 g/mol. The molecule has 2 saturated carbocycles. The molecular weight excluding hydrogens is 388 g/mol. The molecule has 2 aliphatic rings. The van der Waals surface area contributed by atoms with Crippen LogP contribution in [0.25, 0.3) is 11.0 Å². The molecule has 0 unspecified atom stereocenters. The molecule has 0 aromatic carbocycles. The molecule has 160 valence electrons. The highest BCUT2D eigenvalue weighted by Gasteiger charge is 2.21. The Bertz CT molecular complexity index is 1160. The van der Waals surface area contributed by atoms with E-state index in [2.05, 4.69) is 20.2 Å². The molecule has 0 saturated heterocycles. The van der Waals surface area contributed by atoms with Crippen molar-refractivity contribution in [2.24, 2.45) is 5.73 Å². The zero-order chi connectivity index (χ0) is 21.3. The van der Waals surface area contributed by atoms with Crippen LogP contribution in [0.2, 0.25) is 0 Å². The standard InChI is InChI=1S/C10H12N4O2.C9H14N4O/c15-9-7-5-14(6-3-1-2-4-6)13-8(7)11-10(16)12-9;10-8-7(9(11)14)5-13(12-8)6-3-1-2-4-6/h5-6H,1-4H2,(H2,11,12,13,15,16);5-6H,1-4H2,(H2,10,12)(H2,11,14). The molecule has 0 aliphatic heterocycles. The van der Waals surface area contributed by atoms with Gasteiger partial charge in [0.1, 0.15) is 10.9 Å². The summed E-state index contributed by atoms with van der Waals surface area (Å²) in [5.74, 6) is -0.267. The summed E-state index contributed by atoms with van der Waals surface area (Å²) >= 11 is 0. The fraction of sp³-hybridized carbons (Fsp3) is 0.526. The van der Waals surface area contributed by atoms with Gasteiger partial charge in [0.2, 0.25) is 0 Å². The number of nitrogens with one attached hydrogen (secondary N) is 2. The van der Waals surface area contributed by atoms with Crippen molar-refractivity contribution < 1.29 is 4.79 Å². The maximum atomic E-state index is 11.5. The highest BCUT2D eigenvalue weighted by atomic mass is 16.2. The van der Waals surface area contributed by atoms with E-state index in [-0.39, 0.29) is 11.4 Å². The second-order valence-corrected chi connectivity index (χ2v) is 7.93. The summed E-state index contributed by atoms with van der Waals surface area (Å²) in [5, 5.41) is 8.82. The first kappa shape index (κ1) is 19.9. The molecule has 3 aromatic rings. The van der Waals surface area contributed by atoms with Crippen molar-refractivity contribution in [1.29, 1.82) is 0 Å². The zero-order valence-electron chi connectivity index (χ0n) is 16.6. The lowest BCUT2D eigenvalue weighted by Gasteiger charge is -2.07. The summed E-state index contributed by atoms with van der Waals surface area (Å²) < 4.78 is 3.59. The number of H-pyrrole nitrogens is 2. The highest BCUT2D eigenvalue weighted by Crippen LogP contribution is 2.30. The van der Waals surface area contributed by atoms with Crippen LogP contribution in [0.5, 0.6) is 0 Å². The number of carbonyl (C=O) groups is 1. The van der Waals surface area contributed by atoms with Crippen LogP contribution in [0.1, 0.15) is 73.8 Å². The summed E-state index contributed by atoms with van der Waals surface area (Å²) in [6.07, 6.45) is 12.6. The van der Waals surface area contributed by atoms with Crippen LogP contribution >= 0.6 is 0 Å². The third kappa shape index (κ3) is 4.00. The van der Waals surface area contributed by atoms with E-state index in [0.717, 1.165) is 25.7 Å². The van der Waals surface area contributed by atoms with Crippen molar-refractivity contribution in [3.05, 3.63) is 38.8 Å². The summed E-state index contributed by atoms with van der Waals surface area (Å²) in [7, 11) is 0. The molecule has 0 spiro atoms. The van der Waals surface area contributed by atoms with Gasteiger partial charge in [-0.05, 0) is 25.7 Å². The Hall–Kier alpha value is -3.37. The van der Waals surface area contributed by atoms with E-state index in [1.165, 1.54) is 25.7 Å². The molecular formula is C19H26N8O3. The fourth-order valence-corrected chi connectivity index (χ4v) is 4.27. The minimum absolute atomic E-state index is 0.240. The summed E-state index contributed by atoms with van der Waals surface area (Å²) in [6.45, 7) is 0. The number of hydrogen-bond donors (Lipinski definition) is 4. The number of hydrogen-bond acceptors (Lipinski definition) is 6. The van der Waals surface area contributed by atoms with Gasteiger partial charge in [-0.2, -0.15) is 10.2 Å². The van der Waals surface area contributed by atoms with E-state index >= 15 is 0 Å². The number of anilines is 1. The Morgan fingerprint density at radius 2 is 1.50 bits per heavy atom. The number of nitrogens with two attached hydrogens (primary N) is 2. The molecule has 6 N–H and O–H groups in total. The Morgan fingerprint density at radius 1 is 0.933 bits per heavy atom. The van der Waals surface area contributed by atoms with Gasteiger partial charge in [0.15, 0.2) is 11.5 Å². The van der Waals surface area contributed by atoms with Crippen LogP contribution in [0.3, 0.4) is 0 Å². The molecule has 0 radical (unpaired) electrons. The van der Waals surface area contributed by atoms with Gasteiger partial charge in [0.05, 0.1) is 12.1 Å². The topological polar surface area (TPSA) is 170 Å². The van der Waals surface area contributed by atoms with E-state index in [1.807, 2.05) is 4.68 Å². The Morgan fingerprint density at radius 3 is 2.03 bits per heavy atom. The second kappa shape index (κ2) is 8.17. The van der Waals surface area contributed by atoms with E-state index < -0.39 is 11.6 Å². The third-order valence-electron chi connectivity index (χ3n) is 5.86. The average Bonchev–Trinajstić information content (AvgIpc) is 3.47.